The molecule has 1 aliphatic heterocycles. The number of hydrogen-bond donors (Lipinski definition) is 2. The average Bonchev–Trinajstić information content (AvgIpc) is 2.49. The van der Waals surface area contributed by atoms with Crippen molar-refractivity contribution in [3.63, 3.8) is 0 Å². The summed E-state index contributed by atoms with van der Waals surface area (Å²) in [5.74, 6) is -0.413. The molecule has 1 aromatic carbocycles. The van der Waals surface area contributed by atoms with E-state index in [0.29, 0.717) is 6.42 Å². The first-order valence-corrected chi connectivity index (χ1v) is 6.95. The average molecular weight is 280 g/mol. The number of nitrogens with one attached hydrogen (secondary N) is 2. The molecule has 2 rings (SSSR count). The molecule has 0 spiro atoms. The fourth-order valence-corrected chi connectivity index (χ4v) is 2.89. The summed E-state index contributed by atoms with van der Waals surface area (Å²) in [6, 6.07) is 6.06. The zero-order valence-electron chi connectivity index (χ0n) is 11.9. The van der Waals surface area contributed by atoms with Gasteiger partial charge in [-0.25, -0.2) is 9.18 Å². The summed E-state index contributed by atoms with van der Waals surface area (Å²) < 4.78 is 18.0. The Labute approximate surface area is 118 Å². The Morgan fingerprint density at radius 3 is 2.80 bits per heavy atom. The van der Waals surface area contributed by atoms with Crippen molar-refractivity contribution in [3.8, 4) is 0 Å². The van der Waals surface area contributed by atoms with E-state index in [2.05, 4.69) is 17.6 Å². The number of hydrogen-bond acceptors (Lipinski definition) is 4. The molecule has 2 N–H and O–H groups in total. The van der Waals surface area contributed by atoms with Crippen LogP contribution in [0, 0.1) is 11.7 Å². The Kier molecular flexibility index (Phi) is 4.60. The Hall–Kier alpha value is -1.62. The Balaban J connectivity index is 2.31. The van der Waals surface area contributed by atoms with E-state index in [0.717, 1.165) is 25.2 Å². The van der Waals surface area contributed by atoms with E-state index in [4.69, 9.17) is 4.74 Å². The van der Waals surface area contributed by atoms with Crippen molar-refractivity contribution in [1.29, 1.82) is 0 Å². The number of methoxy groups -OCH3 is 1. The van der Waals surface area contributed by atoms with Gasteiger partial charge in [0.2, 0.25) is 0 Å². The zero-order chi connectivity index (χ0) is 14.6. The van der Waals surface area contributed by atoms with E-state index in [1.54, 1.807) is 12.1 Å². The van der Waals surface area contributed by atoms with Crippen LogP contribution in [0.5, 0.6) is 0 Å². The molecule has 0 bridgehead atoms. The number of ether oxygens (including phenoxy) is 1. The molecule has 1 aliphatic rings. The molecule has 0 radical (unpaired) electrons. The third-order valence-corrected chi connectivity index (χ3v) is 4.04. The number of anilines is 1. The number of esters is 1. The van der Waals surface area contributed by atoms with Crippen molar-refractivity contribution >= 4 is 11.7 Å². The van der Waals surface area contributed by atoms with Crippen LogP contribution in [0.4, 0.5) is 10.1 Å². The SMILES string of the molecule is CCC1CNCCC1(Nc1ccc(F)cc1)C(=O)OC. The first-order valence-electron chi connectivity index (χ1n) is 6.95. The van der Waals surface area contributed by atoms with E-state index in [9.17, 15) is 9.18 Å². The van der Waals surface area contributed by atoms with Gasteiger partial charge < -0.3 is 15.4 Å². The summed E-state index contributed by atoms with van der Waals surface area (Å²) in [6.45, 7) is 3.57. The van der Waals surface area contributed by atoms with Crippen molar-refractivity contribution in [1.82, 2.24) is 5.32 Å². The van der Waals surface area contributed by atoms with Gasteiger partial charge >= 0.3 is 5.97 Å². The number of rotatable bonds is 4. The monoisotopic (exact) mass is 280 g/mol. The lowest BCUT2D eigenvalue weighted by Crippen LogP contribution is -2.60. The molecule has 4 nitrogen and oxygen atoms in total. The van der Waals surface area contributed by atoms with Crippen molar-refractivity contribution in [2.45, 2.75) is 25.3 Å². The second-order valence-corrected chi connectivity index (χ2v) is 5.15. The van der Waals surface area contributed by atoms with Crippen molar-refractivity contribution < 1.29 is 13.9 Å². The van der Waals surface area contributed by atoms with Crippen LogP contribution in [0.25, 0.3) is 0 Å². The van der Waals surface area contributed by atoms with Crippen LogP contribution >= 0.6 is 0 Å². The molecule has 2 unspecified atom stereocenters. The minimum absolute atomic E-state index is 0.133. The van der Waals surface area contributed by atoms with Gasteiger partial charge in [-0.3, -0.25) is 0 Å². The lowest BCUT2D eigenvalue weighted by atomic mass is 9.76. The standard InChI is InChI=1S/C15H21FN2O2/c1-3-11-10-17-9-8-15(11,14(19)20-2)18-13-6-4-12(16)5-7-13/h4-7,11,17-18H,3,8-10H2,1-2H3. The van der Waals surface area contributed by atoms with E-state index in [-0.39, 0.29) is 17.7 Å². The molecule has 20 heavy (non-hydrogen) atoms. The van der Waals surface area contributed by atoms with Crippen LogP contribution < -0.4 is 10.6 Å². The highest BCUT2D eigenvalue weighted by Crippen LogP contribution is 2.32. The topological polar surface area (TPSA) is 50.4 Å². The molecule has 1 aromatic rings. The molecule has 1 heterocycles. The van der Waals surface area contributed by atoms with Gasteiger partial charge in [-0.05, 0) is 43.7 Å². The van der Waals surface area contributed by atoms with Gasteiger partial charge in [0.1, 0.15) is 11.4 Å². The quantitative estimate of drug-likeness (QED) is 0.830. The largest absolute Gasteiger partial charge is 0.467 e. The molecule has 0 saturated carbocycles. The van der Waals surface area contributed by atoms with E-state index >= 15 is 0 Å². The van der Waals surface area contributed by atoms with Crippen LogP contribution in [-0.2, 0) is 9.53 Å². The fraction of sp³-hybridized carbons (Fsp3) is 0.533. The highest BCUT2D eigenvalue weighted by Gasteiger charge is 2.47. The van der Waals surface area contributed by atoms with Gasteiger partial charge in [0, 0.05) is 18.2 Å². The van der Waals surface area contributed by atoms with Crippen LogP contribution in [0.1, 0.15) is 19.8 Å². The maximum Gasteiger partial charge on any atom is 0.331 e. The Bertz CT molecular complexity index is 463. The maximum atomic E-state index is 13.0. The van der Waals surface area contributed by atoms with Crippen molar-refractivity contribution in [3.05, 3.63) is 30.1 Å². The van der Waals surface area contributed by atoms with Gasteiger partial charge in [-0.2, -0.15) is 0 Å². The number of benzene rings is 1. The van der Waals surface area contributed by atoms with Crippen LogP contribution in [0.2, 0.25) is 0 Å². The van der Waals surface area contributed by atoms with E-state index < -0.39 is 5.54 Å². The predicted octanol–water partition coefficient (Wildman–Crippen LogP) is 2.17. The van der Waals surface area contributed by atoms with Crippen molar-refractivity contribution in [2.24, 2.45) is 5.92 Å². The molecule has 5 heteroatoms. The Morgan fingerprint density at radius 2 is 2.20 bits per heavy atom. The van der Waals surface area contributed by atoms with Gasteiger partial charge in [0.15, 0.2) is 0 Å². The molecular weight excluding hydrogens is 259 g/mol. The van der Waals surface area contributed by atoms with E-state index in [1.807, 2.05) is 0 Å². The number of halogens is 1. The van der Waals surface area contributed by atoms with Crippen LogP contribution in [-0.4, -0.2) is 31.7 Å². The van der Waals surface area contributed by atoms with Gasteiger partial charge in [-0.15, -0.1) is 0 Å². The highest BCUT2D eigenvalue weighted by molar-refractivity contribution is 5.85. The lowest BCUT2D eigenvalue weighted by molar-refractivity contribution is -0.149. The predicted molar refractivity (Wildman–Crippen MR) is 76.0 cm³/mol. The summed E-state index contributed by atoms with van der Waals surface area (Å²) in [7, 11) is 1.41. The first-order chi connectivity index (χ1) is 9.62. The molecule has 1 fully saturated rings. The third-order valence-electron chi connectivity index (χ3n) is 4.04. The number of carbonyl (C=O) groups excluding carboxylic acids is 1. The molecule has 1 saturated heterocycles. The number of carbonyl (C=O) groups is 1. The van der Waals surface area contributed by atoms with Crippen molar-refractivity contribution in [2.75, 3.05) is 25.5 Å². The van der Waals surface area contributed by atoms with Gasteiger partial charge in [0.05, 0.1) is 7.11 Å². The normalized spacial score (nSPS) is 26.1. The summed E-state index contributed by atoms with van der Waals surface area (Å²) >= 11 is 0. The lowest BCUT2D eigenvalue weighted by Gasteiger charge is -2.43. The molecule has 0 aromatic heterocycles. The molecule has 2 atom stereocenters. The minimum atomic E-state index is -0.743. The summed E-state index contributed by atoms with van der Waals surface area (Å²) in [4.78, 5) is 12.3. The van der Waals surface area contributed by atoms with E-state index in [1.165, 1.54) is 19.2 Å². The second kappa shape index (κ2) is 6.22. The summed E-state index contributed by atoms with van der Waals surface area (Å²) in [5.41, 5.74) is -0.0100. The molecule has 110 valence electrons. The minimum Gasteiger partial charge on any atom is -0.467 e. The molecular formula is C15H21FN2O2. The first kappa shape index (κ1) is 14.8. The third kappa shape index (κ3) is 2.77. The highest BCUT2D eigenvalue weighted by atomic mass is 19.1. The second-order valence-electron chi connectivity index (χ2n) is 5.15. The molecule has 0 amide bonds. The van der Waals surface area contributed by atoms with Crippen LogP contribution in [0.15, 0.2) is 24.3 Å². The van der Waals surface area contributed by atoms with Crippen LogP contribution in [0.3, 0.4) is 0 Å². The fourth-order valence-electron chi connectivity index (χ4n) is 2.89. The maximum absolute atomic E-state index is 13.0. The van der Waals surface area contributed by atoms with Gasteiger partial charge in [0.25, 0.3) is 0 Å². The molecule has 0 aliphatic carbocycles. The Morgan fingerprint density at radius 1 is 1.50 bits per heavy atom. The van der Waals surface area contributed by atoms with Gasteiger partial charge in [-0.1, -0.05) is 6.92 Å². The summed E-state index contributed by atoms with van der Waals surface area (Å²) in [6.07, 6.45) is 1.51. The zero-order valence-corrected chi connectivity index (χ0v) is 11.9. The number of piperidine rings is 1. The summed E-state index contributed by atoms with van der Waals surface area (Å²) in [5, 5.41) is 6.60. The smallest absolute Gasteiger partial charge is 0.331 e.